The molecule has 0 unspecified atom stereocenters. The van der Waals surface area contributed by atoms with E-state index in [-0.39, 0.29) is 36.0 Å². The molecule has 5 atom stereocenters. The molecule has 186 valence electrons. The lowest BCUT2D eigenvalue weighted by molar-refractivity contribution is -0.141. The molecule has 1 heterocycles. The van der Waals surface area contributed by atoms with Gasteiger partial charge in [0.05, 0.1) is 18.1 Å². The molecule has 5 nitrogen and oxygen atoms in total. The lowest BCUT2D eigenvalue weighted by atomic mass is 9.86. The summed E-state index contributed by atoms with van der Waals surface area (Å²) in [5, 5.41) is 10.6. The molecule has 2 fully saturated rings. The highest BCUT2D eigenvalue weighted by Gasteiger charge is 2.51. The van der Waals surface area contributed by atoms with Crippen LogP contribution in [0.25, 0.3) is 11.1 Å². The largest absolute Gasteiger partial charge is 0.462 e. The maximum atomic E-state index is 13.0. The number of carbonyl (C=O) groups excluding carboxylic acids is 2. The highest BCUT2D eigenvalue weighted by Crippen LogP contribution is 2.45. The molecule has 0 amide bonds. The van der Waals surface area contributed by atoms with Crippen molar-refractivity contribution in [3.8, 4) is 11.1 Å². The molecular formula is C31H32O5. The monoisotopic (exact) mass is 484 g/mol. The highest BCUT2D eigenvalue weighted by molar-refractivity contribution is 5.90. The van der Waals surface area contributed by atoms with Crippen molar-refractivity contribution in [3.63, 3.8) is 0 Å². The van der Waals surface area contributed by atoms with Crippen LogP contribution in [0.4, 0.5) is 0 Å². The smallest absolute Gasteiger partial charge is 0.338 e. The normalized spacial score (nSPS) is 23.6. The van der Waals surface area contributed by atoms with Crippen molar-refractivity contribution in [2.24, 2.45) is 11.8 Å². The summed E-state index contributed by atoms with van der Waals surface area (Å²) in [6.45, 7) is 0. The third-order valence-corrected chi connectivity index (χ3v) is 7.58. The quantitative estimate of drug-likeness (QED) is 0.400. The van der Waals surface area contributed by atoms with E-state index in [1.807, 2.05) is 60.7 Å². The number of aliphatic hydroxyl groups excluding tert-OH is 1. The summed E-state index contributed by atoms with van der Waals surface area (Å²) in [7, 11) is 0. The molecule has 1 aliphatic heterocycles. The second-order valence-electron chi connectivity index (χ2n) is 9.94. The fourth-order valence-corrected chi connectivity index (χ4v) is 5.64. The predicted molar refractivity (Wildman–Crippen MR) is 137 cm³/mol. The van der Waals surface area contributed by atoms with Crippen LogP contribution in [0.1, 0.15) is 48.0 Å². The Kier molecular flexibility index (Phi) is 7.47. The van der Waals surface area contributed by atoms with Crippen LogP contribution in [0.2, 0.25) is 0 Å². The Morgan fingerprint density at radius 1 is 0.917 bits per heavy atom. The van der Waals surface area contributed by atoms with Crippen molar-refractivity contribution in [2.75, 3.05) is 0 Å². The molecule has 5 rings (SSSR count). The van der Waals surface area contributed by atoms with Crippen LogP contribution in [0.15, 0.2) is 84.9 Å². The third-order valence-electron chi connectivity index (χ3n) is 7.58. The Bertz CT molecular complexity index is 1160. The van der Waals surface area contributed by atoms with Crippen LogP contribution in [0, 0.1) is 11.8 Å². The van der Waals surface area contributed by atoms with Crippen molar-refractivity contribution in [1.29, 1.82) is 0 Å². The maximum Gasteiger partial charge on any atom is 0.338 e. The van der Waals surface area contributed by atoms with Crippen LogP contribution < -0.4 is 0 Å². The van der Waals surface area contributed by atoms with Crippen LogP contribution in [-0.4, -0.2) is 35.4 Å². The number of rotatable bonds is 9. The second-order valence-corrected chi connectivity index (χ2v) is 9.94. The molecule has 5 heteroatoms. The average molecular weight is 485 g/mol. The van der Waals surface area contributed by atoms with Crippen molar-refractivity contribution in [2.45, 2.75) is 56.8 Å². The molecule has 1 saturated carbocycles. The van der Waals surface area contributed by atoms with Crippen LogP contribution in [-0.2, 0) is 20.7 Å². The van der Waals surface area contributed by atoms with Gasteiger partial charge in [-0.25, -0.2) is 4.79 Å². The fourth-order valence-electron chi connectivity index (χ4n) is 5.64. The van der Waals surface area contributed by atoms with Gasteiger partial charge in [0.25, 0.3) is 0 Å². The second kappa shape index (κ2) is 11.1. The minimum atomic E-state index is -0.441. The van der Waals surface area contributed by atoms with E-state index in [4.69, 9.17) is 9.47 Å². The molecule has 0 bridgehead atoms. The number of ether oxygens (including phenoxy) is 2. The summed E-state index contributed by atoms with van der Waals surface area (Å²) in [5.74, 6) is -0.501. The van der Waals surface area contributed by atoms with Gasteiger partial charge in [0.1, 0.15) is 12.2 Å². The highest BCUT2D eigenvalue weighted by atomic mass is 16.6. The fraction of sp³-hybridized carbons (Fsp3) is 0.355. The predicted octanol–water partition coefficient (Wildman–Crippen LogP) is 5.60. The lowest BCUT2D eigenvalue weighted by Gasteiger charge is -2.24. The SMILES string of the molecule is O=C1C[C@@H]2[C@@H](CC[C@H](O)CCc3ccccc3)[C@H](OC(=O)c3ccc(-c4ccccc4)cc3)C[C@@H]2O1. The third kappa shape index (κ3) is 5.68. The summed E-state index contributed by atoms with van der Waals surface area (Å²) in [6.07, 6.45) is 2.70. The number of hydrogen-bond donors (Lipinski definition) is 1. The zero-order valence-corrected chi connectivity index (χ0v) is 20.3. The maximum absolute atomic E-state index is 13.0. The van der Waals surface area contributed by atoms with Gasteiger partial charge in [-0.15, -0.1) is 0 Å². The van der Waals surface area contributed by atoms with E-state index in [2.05, 4.69) is 12.1 Å². The molecule has 36 heavy (non-hydrogen) atoms. The molecule has 1 saturated heterocycles. The lowest BCUT2D eigenvalue weighted by Crippen LogP contribution is -2.27. The Balaban J connectivity index is 1.20. The van der Waals surface area contributed by atoms with Crippen molar-refractivity contribution in [1.82, 2.24) is 0 Å². The molecule has 0 spiro atoms. The summed E-state index contributed by atoms with van der Waals surface area (Å²) >= 11 is 0. The van der Waals surface area contributed by atoms with Gasteiger partial charge in [-0.1, -0.05) is 72.8 Å². The van der Waals surface area contributed by atoms with Gasteiger partial charge in [0.2, 0.25) is 0 Å². The number of fused-ring (bicyclic) bond motifs is 1. The number of aryl methyl sites for hydroxylation is 1. The number of hydrogen-bond acceptors (Lipinski definition) is 5. The molecular weight excluding hydrogens is 452 g/mol. The Morgan fingerprint density at radius 2 is 1.58 bits per heavy atom. The average Bonchev–Trinajstić information content (AvgIpc) is 3.42. The first-order chi connectivity index (χ1) is 17.6. The molecule has 1 aliphatic carbocycles. The topological polar surface area (TPSA) is 72.8 Å². The van der Waals surface area contributed by atoms with E-state index >= 15 is 0 Å². The Morgan fingerprint density at radius 3 is 2.31 bits per heavy atom. The Hall–Kier alpha value is -3.44. The number of aliphatic hydroxyl groups is 1. The zero-order valence-electron chi connectivity index (χ0n) is 20.3. The minimum absolute atomic E-state index is 0.000340. The first kappa shape index (κ1) is 24.3. The van der Waals surface area contributed by atoms with Gasteiger partial charge in [0, 0.05) is 18.3 Å². The van der Waals surface area contributed by atoms with Crippen LogP contribution in [0.3, 0.4) is 0 Å². The van der Waals surface area contributed by atoms with E-state index in [9.17, 15) is 14.7 Å². The van der Waals surface area contributed by atoms with Gasteiger partial charge in [-0.05, 0) is 54.5 Å². The van der Waals surface area contributed by atoms with E-state index in [1.165, 1.54) is 5.56 Å². The number of benzene rings is 3. The molecule has 0 radical (unpaired) electrons. The van der Waals surface area contributed by atoms with E-state index in [0.717, 1.165) is 17.5 Å². The summed E-state index contributed by atoms with van der Waals surface area (Å²) in [4.78, 5) is 24.9. The number of carbonyl (C=O) groups is 2. The van der Waals surface area contributed by atoms with Crippen molar-refractivity contribution >= 4 is 11.9 Å². The molecule has 3 aromatic rings. The summed E-state index contributed by atoms with van der Waals surface area (Å²) in [6, 6.07) is 27.6. The van der Waals surface area contributed by atoms with Gasteiger partial charge in [0.15, 0.2) is 0 Å². The summed E-state index contributed by atoms with van der Waals surface area (Å²) < 4.78 is 11.5. The first-order valence-electron chi connectivity index (χ1n) is 12.8. The van der Waals surface area contributed by atoms with Crippen LogP contribution >= 0.6 is 0 Å². The van der Waals surface area contributed by atoms with Gasteiger partial charge >= 0.3 is 11.9 Å². The molecule has 2 aliphatic rings. The Labute approximate surface area is 212 Å². The molecule has 0 aromatic heterocycles. The van der Waals surface area contributed by atoms with Gasteiger partial charge in [-0.2, -0.15) is 0 Å². The van der Waals surface area contributed by atoms with E-state index in [1.54, 1.807) is 12.1 Å². The van der Waals surface area contributed by atoms with Crippen LogP contribution in [0.5, 0.6) is 0 Å². The van der Waals surface area contributed by atoms with Gasteiger partial charge in [-0.3, -0.25) is 4.79 Å². The van der Waals surface area contributed by atoms with E-state index < -0.39 is 6.10 Å². The van der Waals surface area contributed by atoms with E-state index in [0.29, 0.717) is 37.7 Å². The molecule has 1 N–H and O–H groups in total. The van der Waals surface area contributed by atoms with Crippen molar-refractivity contribution in [3.05, 3.63) is 96.1 Å². The molecule has 3 aromatic carbocycles. The van der Waals surface area contributed by atoms with Crippen molar-refractivity contribution < 1.29 is 24.2 Å². The standard InChI is InChI=1S/C31H32O5/c32-25(16-11-21-7-3-1-4-8-21)17-18-26-27-19-30(33)35-29(27)20-28(26)36-31(34)24-14-12-23(13-15-24)22-9-5-2-6-10-22/h1-10,12-15,25-29,32H,11,16-20H2/t25-,26-,27-,28-,29+/m1/s1. The summed E-state index contributed by atoms with van der Waals surface area (Å²) in [5.41, 5.74) is 3.84. The first-order valence-corrected chi connectivity index (χ1v) is 12.8. The van der Waals surface area contributed by atoms with Gasteiger partial charge < -0.3 is 14.6 Å². The number of esters is 2. The zero-order chi connectivity index (χ0) is 24.9. The minimum Gasteiger partial charge on any atom is -0.462 e.